The van der Waals surface area contributed by atoms with Gasteiger partial charge in [-0.1, -0.05) is 24.3 Å². The summed E-state index contributed by atoms with van der Waals surface area (Å²) in [5.41, 5.74) is 2.74. The number of benzene rings is 1. The highest BCUT2D eigenvalue weighted by Gasteiger charge is 2.24. The molecule has 3 nitrogen and oxygen atoms in total. The van der Waals surface area contributed by atoms with Crippen molar-refractivity contribution in [2.24, 2.45) is 0 Å². The third-order valence-corrected chi connectivity index (χ3v) is 4.26. The molecule has 2 aromatic rings. The first kappa shape index (κ1) is 12.1. The van der Waals surface area contributed by atoms with E-state index < -0.39 is 5.63 Å². The molecule has 0 fully saturated rings. The van der Waals surface area contributed by atoms with Crippen LogP contribution >= 0.6 is 11.8 Å². The second-order valence-electron chi connectivity index (χ2n) is 4.37. The SMILES string of the molecule is CSc1c2c(oc(=O)c1C#N)-c1ccccc1CC2. The van der Waals surface area contributed by atoms with E-state index in [0.29, 0.717) is 5.76 Å². The van der Waals surface area contributed by atoms with Crippen molar-refractivity contribution in [2.45, 2.75) is 17.7 Å². The quantitative estimate of drug-likeness (QED) is 0.747. The van der Waals surface area contributed by atoms with Crippen molar-refractivity contribution in [1.82, 2.24) is 0 Å². The van der Waals surface area contributed by atoms with Gasteiger partial charge in [0.05, 0.1) is 0 Å². The summed E-state index contributed by atoms with van der Waals surface area (Å²) in [5, 5.41) is 9.10. The first-order valence-corrected chi connectivity index (χ1v) is 7.21. The summed E-state index contributed by atoms with van der Waals surface area (Å²) in [4.78, 5) is 12.7. The summed E-state index contributed by atoms with van der Waals surface area (Å²) in [5.74, 6) is 0.634. The Labute approximate surface area is 114 Å². The zero-order valence-electron chi connectivity index (χ0n) is 10.4. The lowest BCUT2D eigenvalue weighted by molar-refractivity contribution is 0.506. The molecule has 3 rings (SSSR count). The zero-order chi connectivity index (χ0) is 13.4. The maximum Gasteiger partial charge on any atom is 0.355 e. The lowest BCUT2D eigenvalue weighted by atomic mass is 9.89. The molecule has 0 radical (unpaired) electrons. The fourth-order valence-electron chi connectivity index (χ4n) is 2.54. The molecular formula is C15H11NO2S. The van der Waals surface area contributed by atoms with Crippen LogP contribution in [0.3, 0.4) is 0 Å². The Morgan fingerprint density at radius 3 is 2.84 bits per heavy atom. The van der Waals surface area contributed by atoms with Gasteiger partial charge in [-0.3, -0.25) is 0 Å². The van der Waals surface area contributed by atoms with Gasteiger partial charge in [-0.15, -0.1) is 11.8 Å². The topological polar surface area (TPSA) is 54.0 Å². The van der Waals surface area contributed by atoms with E-state index in [2.05, 4.69) is 6.07 Å². The lowest BCUT2D eigenvalue weighted by Gasteiger charge is -2.20. The Morgan fingerprint density at radius 2 is 2.11 bits per heavy atom. The lowest BCUT2D eigenvalue weighted by Crippen LogP contribution is -2.14. The molecule has 1 aliphatic rings. The average molecular weight is 269 g/mol. The van der Waals surface area contributed by atoms with Crippen LogP contribution in [0.5, 0.6) is 0 Å². The number of aryl methyl sites for hydroxylation is 1. The number of rotatable bonds is 1. The number of hydrogen-bond donors (Lipinski definition) is 0. The molecular weight excluding hydrogens is 258 g/mol. The highest BCUT2D eigenvalue weighted by Crippen LogP contribution is 2.37. The Morgan fingerprint density at radius 1 is 1.32 bits per heavy atom. The van der Waals surface area contributed by atoms with Crippen LogP contribution in [0, 0.1) is 11.3 Å². The van der Waals surface area contributed by atoms with E-state index in [0.717, 1.165) is 28.9 Å². The number of nitrogens with zero attached hydrogens (tertiary/aromatic N) is 1. The highest BCUT2D eigenvalue weighted by atomic mass is 32.2. The first-order chi connectivity index (χ1) is 9.26. The Bertz CT molecular complexity index is 756. The fourth-order valence-corrected chi connectivity index (χ4v) is 3.31. The summed E-state index contributed by atoms with van der Waals surface area (Å²) in [6.45, 7) is 0. The van der Waals surface area contributed by atoms with E-state index in [1.54, 1.807) is 0 Å². The van der Waals surface area contributed by atoms with Crippen LogP contribution in [0.15, 0.2) is 38.4 Å². The molecule has 0 unspecified atom stereocenters. The average Bonchev–Trinajstić information content (AvgIpc) is 2.45. The summed E-state index contributed by atoms with van der Waals surface area (Å²) in [6, 6.07) is 9.90. The van der Waals surface area contributed by atoms with Gasteiger partial charge in [0, 0.05) is 16.0 Å². The molecule has 1 aromatic heterocycles. The monoisotopic (exact) mass is 269 g/mol. The van der Waals surface area contributed by atoms with Gasteiger partial charge in [-0.05, 0) is 24.7 Å². The number of nitriles is 1. The third kappa shape index (κ3) is 1.78. The van der Waals surface area contributed by atoms with Gasteiger partial charge in [-0.25, -0.2) is 4.79 Å². The fraction of sp³-hybridized carbons (Fsp3) is 0.200. The molecule has 0 spiro atoms. The van der Waals surface area contributed by atoms with Crippen molar-refractivity contribution in [3.05, 3.63) is 51.4 Å². The minimum Gasteiger partial charge on any atom is -0.421 e. The van der Waals surface area contributed by atoms with Crippen LogP contribution in [0.1, 0.15) is 16.7 Å². The molecule has 1 aliphatic carbocycles. The van der Waals surface area contributed by atoms with Gasteiger partial charge in [-0.2, -0.15) is 5.26 Å². The van der Waals surface area contributed by atoms with Gasteiger partial charge in [0.25, 0.3) is 0 Å². The van der Waals surface area contributed by atoms with Gasteiger partial charge in [0.15, 0.2) is 5.56 Å². The highest BCUT2D eigenvalue weighted by molar-refractivity contribution is 7.98. The molecule has 0 amide bonds. The van der Waals surface area contributed by atoms with Crippen LogP contribution in [-0.2, 0) is 12.8 Å². The second-order valence-corrected chi connectivity index (χ2v) is 5.19. The molecule has 0 atom stereocenters. The van der Waals surface area contributed by atoms with Crippen LogP contribution in [0.4, 0.5) is 0 Å². The van der Waals surface area contributed by atoms with Gasteiger partial charge < -0.3 is 4.42 Å². The van der Waals surface area contributed by atoms with Gasteiger partial charge >= 0.3 is 5.63 Å². The van der Waals surface area contributed by atoms with Crippen molar-refractivity contribution < 1.29 is 4.42 Å². The van der Waals surface area contributed by atoms with E-state index in [9.17, 15) is 4.79 Å². The standard InChI is InChI=1S/C15H11NO2S/c1-19-14-11-7-6-9-4-2-3-5-10(9)13(11)18-15(17)12(14)8-16/h2-5H,6-7H2,1H3. The minimum atomic E-state index is -0.540. The van der Waals surface area contributed by atoms with E-state index >= 15 is 0 Å². The summed E-state index contributed by atoms with van der Waals surface area (Å²) in [7, 11) is 0. The van der Waals surface area contributed by atoms with E-state index in [4.69, 9.17) is 9.68 Å². The molecule has 94 valence electrons. The van der Waals surface area contributed by atoms with Crippen molar-refractivity contribution in [1.29, 1.82) is 5.26 Å². The van der Waals surface area contributed by atoms with Crippen molar-refractivity contribution in [2.75, 3.05) is 6.26 Å². The minimum absolute atomic E-state index is 0.130. The van der Waals surface area contributed by atoms with Crippen molar-refractivity contribution in [3.8, 4) is 17.4 Å². The Kier molecular flexibility index (Phi) is 2.92. The second kappa shape index (κ2) is 4.60. The Balaban J connectivity index is 2.37. The molecule has 0 saturated heterocycles. The third-order valence-electron chi connectivity index (χ3n) is 3.40. The predicted molar refractivity (Wildman–Crippen MR) is 74.3 cm³/mol. The molecule has 4 heteroatoms. The van der Waals surface area contributed by atoms with Crippen LogP contribution in [-0.4, -0.2) is 6.26 Å². The first-order valence-electron chi connectivity index (χ1n) is 5.98. The van der Waals surface area contributed by atoms with Crippen LogP contribution < -0.4 is 5.63 Å². The number of hydrogen-bond acceptors (Lipinski definition) is 4. The van der Waals surface area contributed by atoms with Gasteiger partial charge in [0.1, 0.15) is 11.8 Å². The predicted octanol–water partition coefficient (Wildman–Crippen LogP) is 3.00. The molecule has 1 aromatic carbocycles. The summed E-state index contributed by atoms with van der Waals surface area (Å²) in [6.07, 6.45) is 3.60. The van der Waals surface area contributed by atoms with E-state index in [1.165, 1.54) is 17.3 Å². The van der Waals surface area contributed by atoms with Crippen LogP contribution in [0.25, 0.3) is 11.3 Å². The molecule has 0 aliphatic heterocycles. The summed E-state index contributed by atoms with van der Waals surface area (Å²) >= 11 is 1.44. The Hall–Kier alpha value is -1.99. The van der Waals surface area contributed by atoms with Gasteiger partial charge in [0.2, 0.25) is 0 Å². The summed E-state index contributed by atoms with van der Waals surface area (Å²) < 4.78 is 5.40. The molecule has 0 saturated carbocycles. The molecule has 0 bridgehead atoms. The molecule has 19 heavy (non-hydrogen) atoms. The van der Waals surface area contributed by atoms with E-state index in [1.807, 2.05) is 30.5 Å². The van der Waals surface area contributed by atoms with Crippen molar-refractivity contribution >= 4 is 11.8 Å². The molecule has 0 N–H and O–H groups in total. The maximum atomic E-state index is 11.9. The smallest absolute Gasteiger partial charge is 0.355 e. The number of fused-ring (bicyclic) bond motifs is 3. The maximum absolute atomic E-state index is 11.9. The number of thioether (sulfide) groups is 1. The van der Waals surface area contributed by atoms with Crippen molar-refractivity contribution in [3.63, 3.8) is 0 Å². The normalized spacial score (nSPS) is 12.4. The zero-order valence-corrected chi connectivity index (χ0v) is 11.2. The van der Waals surface area contributed by atoms with E-state index in [-0.39, 0.29) is 5.56 Å². The largest absolute Gasteiger partial charge is 0.421 e. The molecule has 1 heterocycles. The van der Waals surface area contributed by atoms with Crippen LogP contribution in [0.2, 0.25) is 0 Å².